The highest BCUT2D eigenvalue weighted by Gasteiger charge is 2.19. The number of carbonyl (C=O) groups excluding carboxylic acids is 1. The second-order valence-electron chi connectivity index (χ2n) is 6.36. The average Bonchev–Trinajstić information content (AvgIpc) is 2.70. The van der Waals surface area contributed by atoms with E-state index < -0.39 is 17.1 Å². The van der Waals surface area contributed by atoms with Crippen LogP contribution in [0.25, 0.3) is 11.0 Å². The number of hydrogen-bond donors (Lipinski definition) is 0. The predicted octanol–water partition coefficient (Wildman–Crippen LogP) is 2.20. The van der Waals surface area contributed by atoms with Gasteiger partial charge in [0, 0.05) is 43.4 Å². The fourth-order valence-electron chi connectivity index (χ4n) is 2.96. The van der Waals surface area contributed by atoms with Crippen molar-refractivity contribution in [2.75, 3.05) is 6.54 Å². The number of pyridine rings is 1. The Balaban J connectivity index is 2.03. The summed E-state index contributed by atoms with van der Waals surface area (Å²) in [5.41, 5.74) is -0.256. The van der Waals surface area contributed by atoms with Crippen LogP contribution < -0.4 is 11.2 Å². The van der Waals surface area contributed by atoms with Crippen molar-refractivity contribution in [2.45, 2.75) is 13.5 Å². The van der Waals surface area contributed by atoms with E-state index in [9.17, 15) is 18.8 Å². The zero-order chi connectivity index (χ0) is 20.6. The number of nitrogens with zero attached hydrogens (tertiary/aromatic N) is 4. The fourth-order valence-corrected chi connectivity index (χ4v) is 3.37. The van der Waals surface area contributed by atoms with Crippen molar-refractivity contribution >= 4 is 32.9 Å². The van der Waals surface area contributed by atoms with Crippen LogP contribution in [0.4, 0.5) is 4.39 Å². The number of hydrogen-bond acceptors (Lipinski definition) is 4. The van der Waals surface area contributed by atoms with Gasteiger partial charge in [0.2, 0.25) is 0 Å². The summed E-state index contributed by atoms with van der Waals surface area (Å²) >= 11 is 3.30. The Kier molecular flexibility index (Phi) is 5.46. The number of carbonyl (C=O) groups is 1. The molecule has 2 aromatic heterocycles. The smallest absolute Gasteiger partial charge is 0.332 e. The molecule has 2 heterocycles. The van der Waals surface area contributed by atoms with Crippen LogP contribution >= 0.6 is 15.9 Å². The lowest BCUT2D eigenvalue weighted by Gasteiger charge is -2.21. The van der Waals surface area contributed by atoms with Crippen molar-refractivity contribution < 1.29 is 9.18 Å². The van der Waals surface area contributed by atoms with Crippen LogP contribution in [-0.2, 0) is 20.6 Å². The third-order valence-corrected chi connectivity index (χ3v) is 5.07. The number of amides is 1. The maximum Gasteiger partial charge on any atom is 0.332 e. The highest BCUT2D eigenvalue weighted by Crippen LogP contribution is 2.19. The van der Waals surface area contributed by atoms with Gasteiger partial charge in [-0.2, -0.15) is 0 Å². The topological polar surface area (TPSA) is 77.2 Å². The molecule has 28 heavy (non-hydrogen) atoms. The summed E-state index contributed by atoms with van der Waals surface area (Å²) in [6, 6.07) is 5.96. The van der Waals surface area contributed by atoms with Crippen LogP contribution in [0, 0.1) is 5.82 Å². The Labute approximate surface area is 168 Å². The predicted molar refractivity (Wildman–Crippen MR) is 107 cm³/mol. The lowest BCUT2D eigenvalue weighted by molar-refractivity contribution is 0.0751. The van der Waals surface area contributed by atoms with Crippen molar-refractivity contribution in [1.82, 2.24) is 19.0 Å². The summed E-state index contributed by atoms with van der Waals surface area (Å²) in [6.45, 7) is 2.20. The lowest BCUT2D eigenvalue weighted by atomic mass is 10.1. The van der Waals surface area contributed by atoms with Crippen molar-refractivity contribution in [3.8, 4) is 0 Å². The molecule has 9 heteroatoms. The second-order valence-corrected chi connectivity index (χ2v) is 7.27. The first-order valence-corrected chi connectivity index (χ1v) is 9.32. The zero-order valence-corrected chi connectivity index (χ0v) is 17.2. The van der Waals surface area contributed by atoms with Crippen molar-refractivity contribution in [3.05, 3.63) is 72.7 Å². The van der Waals surface area contributed by atoms with E-state index in [-0.39, 0.29) is 29.0 Å². The van der Waals surface area contributed by atoms with E-state index in [0.29, 0.717) is 16.6 Å². The minimum absolute atomic E-state index is 0.0733. The quantitative estimate of drug-likeness (QED) is 0.612. The van der Waals surface area contributed by atoms with Gasteiger partial charge in [0.05, 0.1) is 10.9 Å². The zero-order valence-electron chi connectivity index (χ0n) is 15.6. The standard InChI is InChI=1S/C19H18BrFN4O3/c1-4-25(10-12-7-13(20)5-6-15(12)21)17(26)11-8-14-16(22-9-11)23(2)19(28)24(3)18(14)27/h5-9H,4,10H2,1-3H3. The maximum absolute atomic E-state index is 14.1. The summed E-state index contributed by atoms with van der Waals surface area (Å²) in [7, 11) is 2.87. The van der Waals surface area contributed by atoms with E-state index in [4.69, 9.17) is 0 Å². The van der Waals surface area contributed by atoms with E-state index in [1.165, 1.54) is 41.9 Å². The molecule has 7 nitrogen and oxygen atoms in total. The fraction of sp³-hybridized carbons (Fsp3) is 0.263. The highest BCUT2D eigenvalue weighted by molar-refractivity contribution is 9.10. The molecule has 0 radical (unpaired) electrons. The summed E-state index contributed by atoms with van der Waals surface area (Å²) in [6.07, 6.45) is 1.32. The Morgan fingerprint density at radius 2 is 1.93 bits per heavy atom. The number of fused-ring (bicyclic) bond motifs is 1. The van der Waals surface area contributed by atoms with Gasteiger partial charge in [-0.05, 0) is 31.2 Å². The molecule has 0 atom stereocenters. The molecule has 3 rings (SSSR count). The molecule has 0 aliphatic rings. The van der Waals surface area contributed by atoms with Gasteiger partial charge in [0.15, 0.2) is 0 Å². The number of aryl methyl sites for hydroxylation is 1. The van der Waals surface area contributed by atoms with Crippen LogP contribution in [0.5, 0.6) is 0 Å². The van der Waals surface area contributed by atoms with Crippen LogP contribution in [0.15, 0.2) is 44.5 Å². The molecule has 1 amide bonds. The van der Waals surface area contributed by atoms with Gasteiger partial charge in [0.1, 0.15) is 11.5 Å². The van der Waals surface area contributed by atoms with Gasteiger partial charge < -0.3 is 4.90 Å². The Bertz CT molecular complexity index is 1200. The maximum atomic E-state index is 14.1. The van der Waals surface area contributed by atoms with Gasteiger partial charge >= 0.3 is 5.69 Å². The number of halogens is 2. The van der Waals surface area contributed by atoms with Gasteiger partial charge in [-0.25, -0.2) is 14.2 Å². The van der Waals surface area contributed by atoms with Gasteiger partial charge in [0.25, 0.3) is 11.5 Å². The highest BCUT2D eigenvalue weighted by atomic mass is 79.9. The molecule has 0 saturated carbocycles. The minimum Gasteiger partial charge on any atom is -0.334 e. The van der Waals surface area contributed by atoms with Crippen LogP contribution in [0.3, 0.4) is 0 Å². The minimum atomic E-state index is -0.527. The van der Waals surface area contributed by atoms with Crippen molar-refractivity contribution in [1.29, 1.82) is 0 Å². The molecule has 0 aliphatic carbocycles. The molecule has 0 N–H and O–H groups in total. The molecule has 0 fully saturated rings. The van der Waals surface area contributed by atoms with E-state index in [1.807, 2.05) is 0 Å². The normalized spacial score (nSPS) is 11.0. The second kappa shape index (κ2) is 7.67. The lowest BCUT2D eigenvalue weighted by Crippen LogP contribution is -2.37. The Hall–Kier alpha value is -2.81. The van der Waals surface area contributed by atoms with Gasteiger partial charge in [-0.1, -0.05) is 15.9 Å². The van der Waals surface area contributed by atoms with E-state index >= 15 is 0 Å². The summed E-state index contributed by atoms with van der Waals surface area (Å²) < 4.78 is 17.0. The Morgan fingerprint density at radius 1 is 1.21 bits per heavy atom. The van der Waals surface area contributed by atoms with Gasteiger partial charge in [-0.3, -0.25) is 18.7 Å². The van der Waals surface area contributed by atoms with Crippen molar-refractivity contribution in [3.63, 3.8) is 0 Å². The third-order valence-electron chi connectivity index (χ3n) is 4.58. The van der Waals surface area contributed by atoms with Crippen molar-refractivity contribution in [2.24, 2.45) is 14.1 Å². The molecular formula is C19H18BrFN4O3. The van der Waals surface area contributed by atoms with E-state index in [1.54, 1.807) is 19.1 Å². The molecule has 0 spiro atoms. The first-order chi connectivity index (χ1) is 13.2. The molecule has 0 unspecified atom stereocenters. The molecule has 0 bridgehead atoms. The molecular weight excluding hydrogens is 431 g/mol. The molecule has 1 aromatic carbocycles. The molecule has 0 saturated heterocycles. The monoisotopic (exact) mass is 448 g/mol. The summed E-state index contributed by atoms with van der Waals surface area (Å²) in [5.74, 6) is -0.790. The third kappa shape index (κ3) is 3.49. The van der Waals surface area contributed by atoms with Crippen LogP contribution in [-0.4, -0.2) is 31.5 Å². The molecule has 0 aliphatic heterocycles. The molecule has 3 aromatic rings. The number of aromatic nitrogens is 3. The first kappa shape index (κ1) is 19.9. The Morgan fingerprint density at radius 3 is 2.61 bits per heavy atom. The number of rotatable bonds is 4. The average molecular weight is 449 g/mol. The van der Waals surface area contributed by atoms with E-state index in [0.717, 1.165) is 4.57 Å². The largest absolute Gasteiger partial charge is 0.334 e. The van der Waals surface area contributed by atoms with E-state index in [2.05, 4.69) is 20.9 Å². The van der Waals surface area contributed by atoms with Crippen LogP contribution in [0.1, 0.15) is 22.8 Å². The summed E-state index contributed by atoms with van der Waals surface area (Å²) in [4.78, 5) is 43.0. The number of benzene rings is 1. The van der Waals surface area contributed by atoms with Gasteiger partial charge in [-0.15, -0.1) is 0 Å². The summed E-state index contributed by atoms with van der Waals surface area (Å²) in [5, 5.41) is 0.167. The molecule has 146 valence electrons. The SMILES string of the molecule is CCN(Cc1cc(Br)ccc1F)C(=O)c1cnc2c(c1)c(=O)n(C)c(=O)n2C. The van der Waals surface area contributed by atoms with Crippen LogP contribution in [0.2, 0.25) is 0 Å². The first-order valence-electron chi connectivity index (χ1n) is 8.53.